The molecular weight excluding hydrogens is 472 g/mol. The number of esters is 1. The highest BCUT2D eigenvalue weighted by molar-refractivity contribution is 6.22. The third kappa shape index (κ3) is 3.35. The van der Waals surface area contributed by atoms with Gasteiger partial charge < -0.3 is 14.4 Å². The minimum atomic E-state index is -0.599. The summed E-state index contributed by atoms with van der Waals surface area (Å²) in [6.07, 6.45) is 5.49. The summed E-state index contributed by atoms with van der Waals surface area (Å²) in [5.74, 6) is 0.399. The third-order valence-electron chi connectivity index (χ3n) is 8.80. The Bertz CT molecular complexity index is 1330. The molecule has 3 amide bonds. The number of benzene rings is 2. The van der Waals surface area contributed by atoms with Crippen molar-refractivity contribution < 1.29 is 28.7 Å². The number of methoxy groups -OCH3 is 1. The molecule has 2 heterocycles. The molecule has 2 saturated heterocycles. The molecule has 2 aromatic rings. The number of hydrogen-bond donors (Lipinski definition) is 0. The Hall–Kier alpha value is -3.94. The second-order valence-electron chi connectivity index (χ2n) is 10.7. The smallest absolute Gasteiger partial charge is 0.316 e. The summed E-state index contributed by atoms with van der Waals surface area (Å²) < 4.78 is 10.8. The van der Waals surface area contributed by atoms with E-state index in [1.165, 1.54) is 4.90 Å². The summed E-state index contributed by atoms with van der Waals surface area (Å²) in [7, 11) is 1.56. The second kappa shape index (κ2) is 8.03. The number of amides is 3. The topological polar surface area (TPSA) is 93.2 Å². The first-order valence-electron chi connectivity index (χ1n) is 12.8. The van der Waals surface area contributed by atoms with Gasteiger partial charge in [-0.15, -0.1) is 0 Å². The van der Waals surface area contributed by atoms with E-state index in [0.717, 1.165) is 6.42 Å². The summed E-state index contributed by atoms with van der Waals surface area (Å²) >= 11 is 0. The predicted octanol–water partition coefficient (Wildman–Crippen LogP) is 3.21. The molecule has 4 fully saturated rings. The quantitative estimate of drug-likeness (QED) is 0.272. The highest BCUT2D eigenvalue weighted by Crippen LogP contribution is 2.65. The molecule has 2 aliphatic heterocycles. The molecule has 6 aliphatic rings. The lowest BCUT2D eigenvalue weighted by molar-refractivity contribution is -0.139. The Morgan fingerprint density at radius 1 is 0.865 bits per heavy atom. The fourth-order valence-electron chi connectivity index (χ4n) is 6.97. The predicted molar refractivity (Wildman–Crippen MR) is 133 cm³/mol. The lowest BCUT2D eigenvalue weighted by atomic mass is 9.63. The second-order valence-corrected chi connectivity index (χ2v) is 10.7. The highest BCUT2D eigenvalue weighted by Gasteiger charge is 2.67. The van der Waals surface area contributed by atoms with Crippen LogP contribution in [0.4, 0.5) is 11.4 Å². The van der Waals surface area contributed by atoms with Gasteiger partial charge in [0.15, 0.2) is 0 Å². The van der Waals surface area contributed by atoms with Gasteiger partial charge in [0.2, 0.25) is 17.7 Å². The van der Waals surface area contributed by atoms with Gasteiger partial charge in [0, 0.05) is 24.7 Å². The summed E-state index contributed by atoms with van der Waals surface area (Å²) in [6, 6.07) is 13.6. The van der Waals surface area contributed by atoms with E-state index in [2.05, 4.69) is 12.2 Å². The molecule has 188 valence electrons. The Balaban J connectivity index is 1.03. The number of ether oxygens (including phenoxy) is 2. The lowest BCUT2D eigenvalue weighted by Gasteiger charge is -2.37. The molecule has 0 N–H and O–H groups in total. The summed E-state index contributed by atoms with van der Waals surface area (Å²) in [6.45, 7) is 0.223. The molecule has 8 heteroatoms. The molecule has 0 radical (unpaired) electrons. The van der Waals surface area contributed by atoms with Gasteiger partial charge in [0.05, 0.1) is 30.6 Å². The molecule has 37 heavy (non-hydrogen) atoms. The average Bonchev–Trinajstić information content (AvgIpc) is 3.59. The van der Waals surface area contributed by atoms with Gasteiger partial charge in [0.1, 0.15) is 11.5 Å². The third-order valence-corrected chi connectivity index (χ3v) is 8.80. The first kappa shape index (κ1) is 22.3. The molecular formula is C29H26N2O6. The van der Waals surface area contributed by atoms with Gasteiger partial charge in [0.25, 0.3) is 0 Å². The van der Waals surface area contributed by atoms with E-state index in [0.29, 0.717) is 34.7 Å². The monoisotopic (exact) mass is 498 g/mol. The number of allylic oxidation sites excluding steroid dienone is 2. The van der Waals surface area contributed by atoms with Crippen molar-refractivity contribution >= 4 is 35.1 Å². The van der Waals surface area contributed by atoms with Gasteiger partial charge in [-0.3, -0.25) is 24.1 Å². The number of imide groups is 1. The van der Waals surface area contributed by atoms with Crippen LogP contribution in [0.15, 0.2) is 60.7 Å². The van der Waals surface area contributed by atoms with Gasteiger partial charge in [-0.1, -0.05) is 18.2 Å². The molecule has 2 saturated carbocycles. The highest BCUT2D eigenvalue weighted by atomic mass is 16.5. The van der Waals surface area contributed by atoms with Crippen LogP contribution in [-0.2, 0) is 19.2 Å². The fourth-order valence-corrected chi connectivity index (χ4v) is 6.97. The minimum absolute atomic E-state index is 0.0615. The zero-order chi connectivity index (χ0) is 25.4. The Kier molecular flexibility index (Phi) is 4.83. The van der Waals surface area contributed by atoms with E-state index in [1.54, 1.807) is 60.5 Å². The van der Waals surface area contributed by atoms with E-state index < -0.39 is 11.9 Å². The van der Waals surface area contributed by atoms with Crippen LogP contribution in [0.1, 0.15) is 12.8 Å². The molecule has 0 aromatic heterocycles. The Labute approximate surface area is 213 Å². The number of anilines is 2. The maximum atomic E-state index is 13.3. The van der Waals surface area contributed by atoms with Crippen LogP contribution < -0.4 is 19.3 Å². The fraction of sp³-hybridized carbons (Fsp3) is 0.379. The largest absolute Gasteiger partial charge is 0.497 e. The van der Waals surface area contributed by atoms with Crippen molar-refractivity contribution in [3.05, 3.63) is 60.7 Å². The molecule has 2 aromatic carbocycles. The standard InChI is InChI=1S/C29H26N2O6/c1-36-19-4-2-3-17(12-19)30-14-15(11-24(30)32)29(35)37-18-7-5-16(6-8-18)31-27(33)25-20-9-10-21(23-13-22(20)23)26(25)28(31)34/h2-10,12,15,20-23,25-26H,11,13-14H2,1H3. The molecule has 2 bridgehead atoms. The van der Waals surface area contributed by atoms with Crippen molar-refractivity contribution in [2.75, 3.05) is 23.5 Å². The van der Waals surface area contributed by atoms with Crippen LogP contribution >= 0.6 is 0 Å². The maximum Gasteiger partial charge on any atom is 0.316 e. The summed E-state index contributed by atoms with van der Waals surface area (Å²) in [4.78, 5) is 54.9. The number of carbonyl (C=O) groups excluding carboxylic acids is 4. The van der Waals surface area contributed by atoms with E-state index in [-0.39, 0.29) is 54.4 Å². The zero-order valence-electron chi connectivity index (χ0n) is 20.3. The SMILES string of the molecule is COc1cccc(N2CC(C(=O)Oc3ccc(N4C(=O)C5C6C=CC(C7CC67)C5C4=O)cc3)CC2=O)c1. The number of hydrogen-bond acceptors (Lipinski definition) is 6. The Morgan fingerprint density at radius 2 is 1.54 bits per heavy atom. The molecule has 4 aliphatic carbocycles. The van der Waals surface area contributed by atoms with Crippen LogP contribution in [0.2, 0.25) is 0 Å². The van der Waals surface area contributed by atoms with E-state index in [4.69, 9.17) is 9.47 Å². The number of rotatable bonds is 5. The first-order chi connectivity index (χ1) is 17.9. The Morgan fingerprint density at radius 3 is 2.19 bits per heavy atom. The molecule has 8 rings (SSSR count). The molecule has 7 unspecified atom stereocenters. The van der Waals surface area contributed by atoms with Crippen LogP contribution in [-0.4, -0.2) is 37.3 Å². The molecule has 7 atom stereocenters. The van der Waals surface area contributed by atoms with Crippen molar-refractivity contribution in [3.8, 4) is 11.5 Å². The summed E-state index contributed by atoms with van der Waals surface area (Å²) in [5, 5.41) is 0. The summed E-state index contributed by atoms with van der Waals surface area (Å²) in [5.41, 5.74) is 1.17. The van der Waals surface area contributed by atoms with Crippen LogP contribution in [0, 0.1) is 41.4 Å². The average molecular weight is 499 g/mol. The first-order valence-corrected chi connectivity index (χ1v) is 12.8. The van der Waals surface area contributed by atoms with Crippen LogP contribution in [0.3, 0.4) is 0 Å². The van der Waals surface area contributed by atoms with Crippen molar-refractivity contribution in [2.24, 2.45) is 41.4 Å². The van der Waals surface area contributed by atoms with Crippen molar-refractivity contribution in [1.82, 2.24) is 0 Å². The molecule has 0 spiro atoms. The maximum absolute atomic E-state index is 13.3. The van der Waals surface area contributed by atoms with Crippen LogP contribution in [0.25, 0.3) is 0 Å². The zero-order valence-corrected chi connectivity index (χ0v) is 20.3. The van der Waals surface area contributed by atoms with E-state index >= 15 is 0 Å². The van der Waals surface area contributed by atoms with Gasteiger partial charge in [-0.05, 0) is 66.5 Å². The number of nitrogens with zero attached hydrogens (tertiary/aromatic N) is 2. The molecule has 8 nitrogen and oxygen atoms in total. The van der Waals surface area contributed by atoms with Crippen molar-refractivity contribution in [1.29, 1.82) is 0 Å². The van der Waals surface area contributed by atoms with Crippen LogP contribution in [0.5, 0.6) is 11.5 Å². The normalized spacial score (nSPS) is 33.0. The van der Waals surface area contributed by atoms with Crippen molar-refractivity contribution in [2.45, 2.75) is 12.8 Å². The lowest BCUT2D eigenvalue weighted by Crippen LogP contribution is -2.40. The van der Waals surface area contributed by atoms with Gasteiger partial charge in [-0.2, -0.15) is 0 Å². The van der Waals surface area contributed by atoms with E-state index in [1.807, 2.05) is 0 Å². The number of carbonyl (C=O) groups is 4. The van der Waals surface area contributed by atoms with E-state index in [9.17, 15) is 19.2 Å². The van der Waals surface area contributed by atoms with Crippen molar-refractivity contribution in [3.63, 3.8) is 0 Å². The minimum Gasteiger partial charge on any atom is -0.497 e. The van der Waals surface area contributed by atoms with Gasteiger partial charge in [-0.25, -0.2) is 0 Å². The van der Waals surface area contributed by atoms with Gasteiger partial charge >= 0.3 is 5.97 Å².